The number of carbonyl (C=O) groups is 1. The van der Waals surface area contributed by atoms with Gasteiger partial charge < -0.3 is 19.4 Å². The number of methoxy groups -OCH3 is 1. The number of amides is 1. The number of hydrogen-bond acceptors (Lipinski definition) is 5. The fraction of sp³-hybridized carbons (Fsp3) is 0.458. The van der Waals surface area contributed by atoms with Crippen LogP contribution in [0.4, 0.5) is 11.4 Å². The van der Waals surface area contributed by atoms with Crippen molar-refractivity contribution in [1.82, 2.24) is 9.80 Å². The molecule has 0 unspecified atom stereocenters. The molecule has 166 valence electrons. The highest BCUT2D eigenvalue weighted by Gasteiger charge is 2.25. The van der Waals surface area contributed by atoms with Crippen LogP contribution in [0, 0.1) is 6.92 Å². The van der Waals surface area contributed by atoms with Gasteiger partial charge in [-0.05, 0) is 48.9 Å². The van der Waals surface area contributed by atoms with E-state index in [0.29, 0.717) is 6.54 Å². The van der Waals surface area contributed by atoms with Crippen LogP contribution in [0.1, 0.15) is 5.56 Å². The summed E-state index contributed by atoms with van der Waals surface area (Å²) < 4.78 is 5.23. The van der Waals surface area contributed by atoms with Crippen molar-refractivity contribution in [2.24, 2.45) is 0 Å². The molecule has 2 aromatic rings. The van der Waals surface area contributed by atoms with E-state index in [2.05, 4.69) is 39.8 Å². The largest absolute Gasteiger partial charge is 0.497 e. The van der Waals surface area contributed by atoms with Gasteiger partial charge in [-0.2, -0.15) is 0 Å². The van der Waals surface area contributed by atoms with Gasteiger partial charge in [-0.25, -0.2) is 0 Å². The zero-order valence-electron chi connectivity index (χ0n) is 18.4. The summed E-state index contributed by atoms with van der Waals surface area (Å²) in [5, 5.41) is 0.770. The minimum Gasteiger partial charge on any atom is -0.497 e. The molecule has 2 fully saturated rings. The van der Waals surface area contributed by atoms with Crippen LogP contribution in [0.3, 0.4) is 0 Å². The fourth-order valence-electron chi connectivity index (χ4n) is 4.37. The molecule has 7 heteroatoms. The molecular formula is C24H31ClN4O2. The first-order valence-corrected chi connectivity index (χ1v) is 11.3. The Bertz CT molecular complexity index is 889. The van der Waals surface area contributed by atoms with Crippen LogP contribution in [0.25, 0.3) is 0 Å². The van der Waals surface area contributed by atoms with E-state index in [1.54, 1.807) is 7.11 Å². The zero-order chi connectivity index (χ0) is 21.8. The molecule has 0 aliphatic carbocycles. The number of halogens is 1. The van der Waals surface area contributed by atoms with Crippen LogP contribution in [0.15, 0.2) is 42.5 Å². The topological polar surface area (TPSA) is 39.3 Å². The molecule has 2 heterocycles. The molecule has 2 saturated heterocycles. The highest BCUT2D eigenvalue weighted by molar-refractivity contribution is 6.30. The summed E-state index contributed by atoms with van der Waals surface area (Å²) >= 11 is 6.19. The lowest BCUT2D eigenvalue weighted by Crippen LogP contribution is -2.54. The van der Waals surface area contributed by atoms with Gasteiger partial charge in [-0.3, -0.25) is 9.69 Å². The maximum atomic E-state index is 12.9. The smallest absolute Gasteiger partial charge is 0.236 e. The molecule has 31 heavy (non-hydrogen) atoms. The van der Waals surface area contributed by atoms with Crippen molar-refractivity contribution >= 4 is 28.9 Å². The molecule has 2 aliphatic heterocycles. The van der Waals surface area contributed by atoms with Crippen LogP contribution < -0.4 is 14.5 Å². The number of anilines is 2. The highest BCUT2D eigenvalue weighted by atomic mass is 35.5. The van der Waals surface area contributed by atoms with Crippen LogP contribution >= 0.6 is 11.6 Å². The Morgan fingerprint density at radius 2 is 1.55 bits per heavy atom. The second-order valence-corrected chi connectivity index (χ2v) is 8.70. The first-order chi connectivity index (χ1) is 15.0. The van der Waals surface area contributed by atoms with E-state index in [1.165, 1.54) is 16.9 Å². The fourth-order valence-corrected chi connectivity index (χ4v) is 4.53. The van der Waals surface area contributed by atoms with Gasteiger partial charge in [0.05, 0.1) is 13.7 Å². The minimum absolute atomic E-state index is 0.238. The number of rotatable bonds is 5. The predicted molar refractivity (Wildman–Crippen MR) is 127 cm³/mol. The Hall–Kier alpha value is -2.44. The Balaban J connectivity index is 1.24. The maximum absolute atomic E-state index is 12.9. The van der Waals surface area contributed by atoms with Gasteiger partial charge in [0, 0.05) is 68.8 Å². The lowest BCUT2D eigenvalue weighted by molar-refractivity contribution is -0.132. The predicted octanol–water partition coefficient (Wildman–Crippen LogP) is 3.13. The summed E-state index contributed by atoms with van der Waals surface area (Å²) in [6.07, 6.45) is 0. The van der Waals surface area contributed by atoms with Gasteiger partial charge >= 0.3 is 0 Å². The Morgan fingerprint density at radius 3 is 2.19 bits per heavy atom. The number of aryl methyl sites for hydroxylation is 1. The van der Waals surface area contributed by atoms with Gasteiger partial charge in [0.25, 0.3) is 0 Å². The lowest BCUT2D eigenvalue weighted by atomic mass is 10.1. The number of hydrogen-bond donors (Lipinski definition) is 0. The summed E-state index contributed by atoms with van der Waals surface area (Å²) in [5.41, 5.74) is 3.62. The summed E-state index contributed by atoms with van der Waals surface area (Å²) in [5.74, 6) is 1.10. The van der Waals surface area contributed by atoms with E-state index >= 15 is 0 Å². The molecule has 4 rings (SSSR count). The van der Waals surface area contributed by atoms with Gasteiger partial charge in [0.2, 0.25) is 5.91 Å². The molecule has 0 atom stereocenters. The van der Waals surface area contributed by atoms with Gasteiger partial charge in [-0.15, -0.1) is 0 Å². The Kier molecular flexibility index (Phi) is 6.88. The summed E-state index contributed by atoms with van der Waals surface area (Å²) in [4.78, 5) is 21.8. The van der Waals surface area contributed by atoms with E-state index in [0.717, 1.165) is 63.1 Å². The van der Waals surface area contributed by atoms with Crippen LogP contribution in [-0.2, 0) is 4.79 Å². The standard InChI is InChI=1S/C24H31ClN4O2/c1-19-3-4-20(25)17-23(19)28-11-9-26(10-12-28)18-24(30)29-15-13-27(14-16-29)21-5-7-22(31-2)8-6-21/h3-8,17H,9-16,18H2,1-2H3. The number of benzene rings is 2. The lowest BCUT2D eigenvalue weighted by Gasteiger charge is -2.39. The van der Waals surface area contributed by atoms with E-state index in [1.807, 2.05) is 29.2 Å². The van der Waals surface area contributed by atoms with Crippen LogP contribution in [0.2, 0.25) is 5.02 Å². The van der Waals surface area contributed by atoms with E-state index in [9.17, 15) is 4.79 Å². The number of ether oxygens (including phenoxy) is 1. The van der Waals surface area contributed by atoms with E-state index in [-0.39, 0.29) is 5.91 Å². The molecule has 0 radical (unpaired) electrons. The van der Waals surface area contributed by atoms with Crippen molar-refractivity contribution < 1.29 is 9.53 Å². The summed E-state index contributed by atoms with van der Waals surface area (Å²) in [6, 6.07) is 14.2. The van der Waals surface area contributed by atoms with Crippen LogP contribution in [0.5, 0.6) is 5.75 Å². The van der Waals surface area contributed by atoms with E-state index in [4.69, 9.17) is 16.3 Å². The highest BCUT2D eigenvalue weighted by Crippen LogP contribution is 2.25. The normalized spacial score (nSPS) is 17.7. The van der Waals surface area contributed by atoms with Crippen molar-refractivity contribution in [3.05, 3.63) is 53.1 Å². The van der Waals surface area contributed by atoms with Crippen LogP contribution in [-0.4, -0.2) is 81.7 Å². The van der Waals surface area contributed by atoms with Gasteiger partial charge in [0.1, 0.15) is 5.75 Å². The average molecular weight is 443 g/mol. The second-order valence-electron chi connectivity index (χ2n) is 8.26. The molecule has 0 saturated carbocycles. The maximum Gasteiger partial charge on any atom is 0.236 e. The molecule has 0 spiro atoms. The molecule has 2 aliphatic rings. The number of carbonyl (C=O) groups excluding carboxylic acids is 1. The third kappa shape index (κ3) is 5.25. The van der Waals surface area contributed by atoms with Gasteiger partial charge in [0.15, 0.2) is 0 Å². The SMILES string of the molecule is COc1ccc(N2CCN(C(=O)CN3CCN(c4cc(Cl)ccc4C)CC3)CC2)cc1. The third-order valence-corrected chi connectivity index (χ3v) is 6.55. The molecule has 0 bridgehead atoms. The second kappa shape index (κ2) is 9.79. The monoisotopic (exact) mass is 442 g/mol. The van der Waals surface area contributed by atoms with Crippen molar-refractivity contribution in [2.75, 3.05) is 75.8 Å². The molecular weight excluding hydrogens is 412 g/mol. The van der Waals surface area contributed by atoms with Crippen molar-refractivity contribution in [2.45, 2.75) is 6.92 Å². The molecule has 1 amide bonds. The molecule has 0 N–H and O–H groups in total. The molecule has 6 nitrogen and oxygen atoms in total. The average Bonchev–Trinajstić information content (AvgIpc) is 2.81. The zero-order valence-corrected chi connectivity index (χ0v) is 19.1. The Morgan fingerprint density at radius 1 is 0.903 bits per heavy atom. The minimum atomic E-state index is 0.238. The Labute approximate surface area is 189 Å². The molecule has 2 aromatic carbocycles. The van der Waals surface area contributed by atoms with Crippen molar-refractivity contribution in [3.63, 3.8) is 0 Å². The molecule has 0 aromatic heterocycles. The first kappa shape index (κ1) is 21.8. The summed E-state index contributed by atoms with van der Waals surface area (Å²) in [6.45, 7) is 9.50. The van der Waals surface area contributed by atoms with Crippen molar-refractivity contribution in [1.29, 1.82) is 0 Å². The van der Waals surface area contributed by atoms with Crippen molar-refractivity contribution in [3.8, 4) is 5.75 Å². The number of piperazine rings is 2. The first-order valence-electron chi connectivity index (χ1n) is 10.9. The van der Waals surface area contributed by atoms with E-state index < -0.39 is 0 Å². The third-order valence-electron chi connectivity index (χ3n) is 6.31. The summed E-state index contributed by atoms with van der Waals surface area (Å²) in [7, 11) is 1.68. The van der Waals surface area contributed by atoms with Gasteiger partial charge in [-0.1, -0.05) is 17.7 Å². The quantitative estimate of drug-likeness (QED) is 0.711. The number of nitrogens with zero attached hydrogens (tertiary/aromatic N) is 4.